The molecule has 0 radical (unpaired) electrons. The van der Waals surface area contributed by atoms with Crippen LogP contribution in [-0.2, 0) is 0 Å². The Bertz CT molecular complexity index is 390. The summed E-state index contributed by atoms with van der Waals surface area (Å²) in [5, 5.41) is 7.73. The molecule has 0 atom stereocenters. The minimum Gasteiger partial charge on any atom is -0.272 e. The number of aryl methyl sites for hydroxylation is 2. The summed E-state index contributed by atoms with van der Waals surface area (Å²) in [4.78, 5) is 4.16. The summed E-state index contributed by atoms with van der Waals surface area (Å²) >= 11 is 0. The highest BCUT2D eigenvalue weighted by Gasteiger charge is 2.01. The summed E-state index contributed by atoms with van der Waals surface area (Å²) in [6.45, 7) is 3.95. The van der Waals surface area contributed by atoms with Crippen molar-refractivity contribution in [1.29, 1.82) is 0 Å². The molecule has 11 heavy (non-hydrogen) atoms. The van der Waals surface area contributed by atoms with Gasteiger partial charge in [0.05, 0.1) is 0 Å². The first-order valence-electron chi connectivity index (χ1n) is 3.40. The van der Waals surface area contributed by atoms with Crippen molar-refractivity contribution in [3.8, 4) is 0 Å². The molecule has 0 aliphatic carbocycles. The first-order valence-corrected chi connectivity index (χ1v) is 3.40. The van der Waals surface area contributed by atoms with Crippen molar-refractivity contribution in [2.24, 2.45) is 0 Å². The molecule has 2 rings (SSSR count). The van der Waals surface area contributed by atoms with Crippen LogP contribution in [-0.4, -0.2) is 19.6 Å². The van der Waals surface area contributed by atoms with Crippen LogP contribution in [0.1, 0.15) is 11.3 Å². The van der Waals surface area contributed by atoms with Gasteiger partial charge in [-0.05, 0) is 13.8 Å². The van der Waals surface area contributed by atoms with Crippen LogP contribution in [0.25, 0.3) is 5.65 Å². The van der Waals surface area contributed by atoms with E-state index in [2.05, 4.69) is 15.2 Å². The molecule has 0 saturated heterocycles. The fraction of sp³-hybridized carbons (Fsp3) is 0.286. The summed E-state index contributed by atoms with van der Waals surface area (Å²) in [5.41, 5.74) is 2.98. The van der Waals surface area contributed by atoms with E-state index in [1.807, 2.05) is 18.2 Å². The van der Waals surface area contributed by atoms with E-state index in [1.54, 1.807) is 12.7 Å². The lowest BCUT2D eigenvalue weighted by atomic mass is 10.3. The molecular weight excluding hydrogens is 140 g/mol. The van der Waals surface area contributed by atoms with E-state index in [0.717, 1.165) is 16.9 Å². The maximum absolute atomic E-state index is 4.16. The highest BCUT2D eigenvalue weighted by atomic mass is 15.2. The zero-order chi connectivity index (χ0) is 7.84. The molecule has 0 spiro atoms. The topological polar surface area (TPSA) is 43.1 Å². The Morgan fingerprint density at radius 2 is 2.09 bits per heavy atom. The Hall–Kier alpha value is -1.45. The molecule has 0 amide bonds. The SMILES string of the molecule is Cc1ncn2cnnc2c1C. The van der Waals surface area contributed by atoms with Crippen molar-refractivity contribution < 1.29 is 0 Å². The summed E-state index contributed by atoms with van der Waals surface area (Å²) < 4.78 is 1.81. The summed E-state index contributed by atoms with van der Waals surface area (Å²) in [6.07, 6.45) is 3.37. The number of hydrogen-bond donors (Lipinski definition) is 0. The maximum Gasteiger partial charge on any atom is 0.166 e. The van der Waals surface area contributed by atoms with E-state index >= 15 is 0 Å². The Kier molecular flexibility index (Phi) is 1.15. The molecular formula is C7H8N4. The minimum atomic E-state index is 0.887. The van der Waals surface area contributed by atoms with Crippen molar-refractivity contribution in [1.82, 2.24) is 19.6 Å². The van der Waals surface area contributed by atoms with Gasteiger partial charge in [-0.25, -0.2) is 4.98 Å². The number of fused-ring (bicyclic) bond motifs is 1. The molecule has 0 bridgehead atoms. The highest BCUT2D eigenvalue weighted by Crippen LogP contribution is 2.07. The molecule has 56 valence electrons. The molecule has 4 heteroatoms. The Morgan fingerprint density at radius 3 is 2.91 bits per heavy atom. The second kappa shape index (κ2) is 2.02. The number of rotatable bonds is 0. The molecule has 0 aromatic carbocycles. The van der Waals surface area contributed by atoms with Gasteiger partial charge in [-0.15, -0.1) is 10.2 Å². The van der Waals surface area contributed by atoms with Crippen LogP contribution < -0.4 is 0 Å². The monoisotopic (exact) mass is 148 g/mol. The summed E-state index contributed by atoms with van der Waals surface area (Å²) in [6, 6.07) is 0. The van der Waals surface area contributed by atoms with E-state index in [9.17, 15) is 0 Å². The van der Waals surface area contributed by atoms with E-state index in [1.165, 1.54) is 0 Å². The molecule has 2 aromatic rings. The van der Waals surface area contributed by atoms with Crippen molar-refractivity contribution >= 4 is 5.65 Å². The van der Waals surface area contributed by atoms with E-state index in [4.69, 9.17) is 0 Å². The van der Waals surface area contributed by atoms with Gasteiger partial charge in [-0.1, -0.05) is 0 Å². The summed E-state index contributed by atoms with van der Waals surface area (Å²) in [7, 11) is 0. The van der Waals surface area contributed by atoms with Crippen LogP contribution in [0.4, 0.5) is 0 Å². The Balaban J connectivity index is 2.93. The van der Waals surface area contributed by atoms with Gasteiger partial charge < -0.3 is 0 Å². The third-order valence-corrected chi connectivity index (χ3v) is 1.83. The predicted octanol–water partition coefficient (Wildman–Crippen LogP) is 0.741. The molecule has 0 saturated carbocycles. The van der Waals surface area contributed by atoms with Gasteiger partial charge in [-0.3, -0.25) is 4.40 Å². The summed E-state index contributed by atoms with van der Waals surface area (Å²) in [5.74, 6) is 0. The fourth-order valence-corrected chi connectivity index (χ4v) is 1.00. The van der Waals surface area contributed by atoms with Gasteiger partial charge in [0.15, 0.2) is 5.65 Å². The van der Waals surface area contributed by atoms with Crippen LogP contribution in [0.2, 0.25) is 0 Å². The Labute approximate surface area is 63.9 Å². The predicted molar refractivity (Wildman–Crippen MR) is 40.3 cm³/mol. The van der Waals surface area contributed by atoms with E-state index in [0.29, 0.717) is 0 Å². The lowest BCUT2D eigenvalue weighted by Crippen LogP contribution is -1.93. The highest BCUT2D eigenvalue weighted by molar-refractivity contribution is 5.46. The van der Waals surface area contributed by atoms with Crippen LogP contribution in [0, 0.1) is 13.8 Å². The zero-order valence-corrected chi connectivity index (χ0v) is 6.44. The van der Waals surface area contributed by atoms with Gasteiger partial charge in [0, 0.05) is 11.3 Å². The third kappa shape index (κ3) is 0.790. The lowest BCUT2D eigenvalue weighted by Gasteiger charge is -1.98. The average Bonchev–Trinajstić information content (AvgIpc) is 2.45. The number of nitrogens with zero attached hydrogens (tertiary/aromatic N) is 4. The van der Waals surface area contributed by atoms with Crippen molar-refractivity contribution in [3.63, 3.8) is 0 Å². The van der Waals surface area contributed by atoms with Crippen LogP contribution in [0.5, 0.6) is 0 Å². The van der Waals surface area contributed by atoms with E-state index < -0.39 is 0 Å². The van der Waals surface area contributed by atoms with Crippen LogP contribution in [0.15, 0.2) is 12.7 Å². The van der Waals surface area contributed by atoms with Gasteiger partial charge in [0.2, 0.25) is 0 Å². The van der Waals surface area contributed by atoms with Crippen molar-refractivity contribution in [3.05, 3.63) is 23.9 Å². The molecule has 2 heterocycles. The first kappa shape index (κ1) is 6.27. The van der Waals surface area contributed by atoms with Crippen LogP contribution in [0.3, 0.4) is 0 Å². The lowest BCUT2D eigenvalue weighted by molar-refractivity contribution is 1.02. The zero-order valence-electron chi connectivity index (χ0n) is 6.44. The molecule has 4 nitrogen and oxygen atoms in total. The molecule has 0 aliphatic rings. The molecule has 0 unspecified atom stereocenters. The minimum absolute atomic E-state index is 0.887. The van der Waals surface area contributed by atoms with Gasteiger partial charge in [0.25, 0.3) is 0 Å². The fourth-order valence-electron chi connectivity index (χ4n) is 1.00. The van der Waals surface area contributed by atoms with Crippen molar-refractivity contribution in [2.75, 3.05) is 0 Å². The maximum atomic E-state index is 4.16. The Morgan fingerprint density at radius 1 is 1.27 bits per heavy atom. The molecule has 2 aromatic heterocycles. The molecule has 0 aliphatic heterocycles. The normalized spacial score (nSPS) is 10.7. The van der Waals surface area contributed by atoms with Gasteiger partial charge >= 0.3 is 0 Å². The smallest absolute Gasteiger partial charge is 0.166 e. The largest absolute Gasteiger partial charge is 0.272 e. The number of aromatic nitrogens is 4. The quantitative estimate of drug-likeness (QED) is 0.553. The molecule has 0 N–H and O–H groups in total. The van der Waals surface area contributed by atoms with Gasteiger partial charge in [0.1, 0.15) is 12.7 Å². The second-order valence-electron chi connectivity index (χ2n) is 2.52. The average molecular weight is 148 g/mol. The molecule has 0 fully saturated rings. The van der Waals surface area contributed by atoms with Crippen LogP contribution >= 0.6 is 0 Å². The van der Waals surface area contributed by atoms with E-state index in [-0.39, 0.29) is 0 Å². The second-order valence-corrected chi connectivity index (χ2v) is 2.52. The van der Waals surface area contributed by atoms with Gasteiger partial charge in [-0.2, -0.15) is 0 Å². The van der Waals surface area contributed by atoms with Crippen molar-refractivity contribution in [2.45, 2.75) is 13.8 Å². The number of hydrogen-bond acceptors (Lipinski definition) is 3. The third-order valence-electron chi connectivity index (χ3n) is 1.83. The standard InChI is InChI=1S/C7H8N4/c1-5-6(2)8-3-11-4-9-10-7(5)11/h3-4H,1-2H3. The first-order chi connectivity index (χ1) is 5.29.